The van der Waals surface area contributed by atoms with Gasteiger partial charge in [0, 0.05) is 17.4 Å². The molecule has 0 aliphatic carbocycles. The zero-order chi connectivity index (χ0) is 14.6. The lowest BCUT2D eigenvalue weighted by Crippen LogP contribution is -2.31. The molecule has 0 radical (unpaired) electrons. The Morgan fingerprint density at radius 3 is 2.58 bits per heavy atom. The van der Waals surface area contributed by atoms with E-state index in [-0.39, 0.29) is 17.4 Å². The van der Waals surface area contributed by atoms with Gasteiger partial charge in [0.15, 0.2) is 0 Å². The van der Waals surface area contributed by atoms with Gasteiger partial charge in [-0.1, -0.05) is 20.8 Å². The zero-order valence-electron chi connectivity index (χ0n) is 12.4. The predicted molar refractivity (Wildman–Crippen MR) is 79.4 cm³/mol. The molecule has 0 aliphatic heterocycles. The third-order valence-corrected chi connectivity index (χ3v) is 3.21. The van der Waals surface area contributed by atoms with Crippen LogP contribution in [-0.4, -0.2) is 18.6 Å². The van der Waals surface area contributed by atoms with Crippen LogP contribution >= 0.6 is 0 Å². The maximum absolute atomic E-state index is 11.9. The van der Waals surface area contributed by atoms with Gasteiger partial charge in [0.25, 0.3) is 0 Å². The van der Waals surface area contributed by atoms with Crippen LogP contribution in [0.2, 0.25) is 0 Å². The molecule has 0 aromatic heterocycles. The van der Waals surface area contributed by atoms with Crippen molar-refractivity contribution in [2.24, 2.45) is 5.41 Å². The summed E-state index contributed by atoms with van der Waals surface area (Å²) in [5.41, 5.74) is 7.63. The van der Waals surface area contributed by atoms with Gasteiger partial charge in [-0.2, -0.15) is 0 Å². The fourth-order valence-electron chi connectivity index (χ4n) is 1.52. The molecule has 1 rings (SSSR count). The predicted octanol–water partition coefficient (Wildman–Crippen LogP) is 3.29. The number of ether oxygens (including phenoxy) is 1. The largest absolute Gasteiger partial charge is 0.462 e. The van der Waals surface area contributed by atoms with E-state index in [1.807, 2.05) is 6.07 Å². The van der Waals surface area contributed by atoms with Crippen LogP contribution in [0.25, 0.3) is 0 Å². The molecule has 106 valence electrons. The van der Waals surface area contributed by atoms with E-state index in [0.29, 0.717) is 17.9 Å². The zero-order valence-corrected chi connectivity index (χ0v) is 12.4. The number of benzene rings is 1. The molecule has 0 amide bonds. The van der Waals surface area contributed by atoms with Crippen LogP contribution in [0.1, 0.15) is 45.0 Å². The number of rotatable bonds is 4. The number of nitrogen functional groups attached to an aromatic ring is 1. The average Bonchev–Trinajstić information content (AvgIpc) is 2.30. The van der Waals surface area contributed by atoms with Crippen LogP contribution in [0.15, 0.2) is 18.2 Å². The molecule has 0 bridgehead atoms. The van der Waals surface area contributed by atoms with E-state index in [0.717, 1.165) is 5.69 Å². The summed E-state index contributed by atoms with van der Waals surface area (Å²) >= 11 is 0. The summed E-state index contributed by atoms with van der Waals surface area (Å²) in [7, 11) is 0. The van der Waals surface area contributed by atoms with Crippen molar-refractivity contribution in [3.8, 4) is 0 Å². The number of anilines is 2. The Hall–Kier alpha value is -1.71. The molecular weight excluding hydrogens is 240 g/mol. The minimum absolute atomic E-state index is 0.0906. The van der Waals surface area contributed by atoms with E-state index in [9.17, 15) is 4.79 Å². The third-order valence-electron chi connectivity index (χ3n) is 3.21. The van der Waals surface area contributed by atoms with Crippen molar-refractivity contribution in [3.05, 3.63) is 23.8 Å². The Morgan fingerprint density at radius 1 is 1.42 bits per heavy atom. The minimum atomic E-state index is -0.349. The van der Waals surface area contributed by atoms with Crippen LogP contribution in [0, 0.1) is 5.41 Å². The fraction of sp³-hybridized carbons (Fsp3) is 0.533. The van der Waals surface area contributed by atoms with E-state index in [2.05, 4.69) is 33.0 Å². The Kier molecular flexibility index (Phi) is 4.81. The van der Waals surface area contributed by atoms with Crippen molar-refractivity contribution >= 4 is 17.3 Å². The maximum Gasteiger partial charge on any atom is 0.340 e. The molecule has 0 heterocycles. The quantitative estimate of drug-likeness (QED) is 0.647. The summed E-state index contributed by atoms with van der Waals surface area (Å²) in [5, 5.41) is 3.36. The van der Waals surface area contributed by atoms with Crippen LogP contribution in [0.3, 0.4) is 0 Å². The van der Waals surface area contributed by atoms with Crippen molar-refractivity contribution in [2.75, 3.05) is 17.7 Å². The fourth-order valence-corrected chi connectivity index (χ4v) is 1.52. The summed E-state index contributed by atoms with van der Waals surface area (Å²) in [4.78, 5) is 11.9. The molecule has 1 atom stereocenters. The summed E-state index contributed by atoms with van der Waals surface area (Å²) in [6, 6.07) is 5.46. The van der Waals surface area contributed by atoms with Gasteiger partial charge in [0.05, 0.1) is 12.2 Å². The van der Waals surface area contributed by atoms with Gasteiger partial charge in [-0.05, 0) is 37.5 Å². The molecule has 0 saturated heterocycles. The molecule has 19 heavy (non-hydrogen) atoms. The first-order valence-electron chi connectivity index (χ1n) is 6.59. The highest BCUT2D eigenvalue weighted by Crippen LogP contribution is 2.26. The van der Waals surface area contributed by atoms with E-state index in [1.165, 1.54) is 0 Å². The molecule has 0 saturated carbocycles. The van der Waals surface area contributed by atoms with Gasteiger partial charge in [0.1, 0.15) is 0 Å². The molecule has 0 spiro atoms. The minimum Gasteiger partial charge on any atom is -0.462 e. The van der Waals surface area contributed by atoms with Crippen molar-refractivity contribution in [1.29, 1.82) is 0 Å². The van der Waals surface area contributed by atoms with Gasteiger partial charge in [-0.15, -0.1) is 0 Å². The van der Waals surface area contributed by atoms with Crippen LogP contribution in [0.4, 0.5) is 11.4 Å². The van der Waals surface area contributed by atoms with Crippen molar-refractivity contribution < 1.29 is 9.53 Å². The Bertz CT molecular complexity index is 450. The van der Waals surface area contributed by atoms with E-state index >= 15 is 0 Å². The van der Waals surface area contributed by atoms with Gasteiger partial charge >= 0.3 is 5.97 Å². The van der Waals surface area contributed by atoms with Crippen LogP contribution in [-0.2, 0) is 4.74 Å². The van der Waals surface area contributed by atoms with Gasteiger partial charge in [0.2, 0.25) is 0 Å². The first kappa shape index (κ1) is 15.3. The van der Waals surface area contributed by atoms with Crippen molar-refractivity contribution in [1.82, 2.24) is 0 Å². The highest BCUT2D eigenvalue weighted by atomic mass is 16.5. The van der Waals surface area contributed by atoms with Gasteiger partial charge < -0.3 is 15.8 Å². The van der Waals surface area contributed by atoms with E-state index in [4.69, 9.17) is 10.5 Å². The topological polar surface area (TPSA) is 64.3 Å². The number of hydrogen-bond acceptors (Lipinski definition) is 4. The monoisotopic (exact) mass is 264 g/mol. The Morgan fingerprint density at radius 2 is 2.05 bits per heavy atom. The number of carbonyl (C=O) groups excluding carboxylic acids is 1. The highest BCUT2D eigenvalue weighted by Gasteiger charge is 2.22. The molecule has 0 aliphatic rings. The molecule has 1 unspecified atom stereocenters. The first-order valence-corrected chi connectivity index (χ1v) is 6.59. The molecule has 1 aromatic rings. The van der Waals surface area contributed by atoms with E-state index in [1.54, 1.807) is 19.1 Å². The number of nitrogens with two attached hydrogens (primary N) is 1. The maximum atomic E-state index is 11.9. The molecule has 0 fully saturated rings. The summed E-state index contributed by atoms with van der Waals surface area (Å²) < 4.78 is 5.06. The second-order valence-corrected chi connectivity index (χ2v) is 5.76. The van der Waals surface area contributed by atoms with Gasteiger partial charge in [-0.25, -0.2) is 4.79 Å². The second-order valence-electron chi connectivity index (χ2n) is 5.76. The normalized spacial score (nSPS) is 12.9. The molecule has 3 N–H and O–H groups in total. The van der Waals surface area contributed by atoms with Crippen molar-refractivity contribution in [3.63, 3.8) is 0 Å². The van der Waals surface area contributed by atoms with Crippen LogP contribution < -0.4 is 11.1 Å². The summed E-state index contributed by atoms with van der Waals surface area (Å²) in [6.45, 7) is 10.7. The first-order chi connectivity index (χ1) is 8.75. The Balaban J connectivity index is 3.03. The smallest absolute Gasteiger partial charge is 0.340 e. The number of esters is 1. The average molecular weight is 264 g/mol. The molecule has 1 aromatic carbocycles. The molecular formula is C15H24N2O2. The van der Waals surface area contributed by atoms with Crippen LogP contribution in [0.5, 0.6) is 0 Å². The second kappa shape index (κ2) is 5.95. The molecule has 4 nitrogen and oxygen atoms in total. The molecule has 4 heteroatoms. The summed E-state index contributed by atoms with van der Waals surface area (Å²) in [6.07, 6.45) is 0. The lowest BCUT2D eigenvalue weighted by atomic mass is 9.88. The third kappa shape index (κ3) is 4.16. The number of hydrogen-bond donors (Lipinski definition) is 2. The number of carbonyl (C=O) groups is 1. The number of nitrogens with one attached hydrogen (secondary N) is 1. The highest BCUT2D eigenvalue weighted by molar-refractivity contribution is 5.96. The van der Waals surface area contributed by atoms with E-state index < -0.39 is 0 Å². The lowest BCUT2D eigenvalue weighted by molar-refractivity contribution is 0.0527. The van der Waals surface area contributed by atoms with Crippen molar-refractivity contribution in [2.45, 2.75) is 40.7 Å². The lowest BCUT2D eigenvalue weighted by Gasteiger charge is -2.29. The SMILES string of the molecule is CCOC(=O)c1cc(N)ccc1NC(C)C(C)(C)C. The standard InChI is InChI=1S/C15H24N2O2/c1-6-19-14(18)12-9-11(16)7-8-13(12)17-10(2)15(3,4)5/h7-10,17H,6,16H2,1-5H3. The Labute approximate surface area is 115 Å². The van der Waals surface area contributed by atoms with Gasteiger partial charge in [-0.3, -0.25) is 0 Å². The summed E-state index contributed by atoms with van der Waals surface area (Å²) in [5.74, 6) is -0.349.